The number of aliphatic imine (C=N–C) groups is 1. The Labute approximate surface area is 148 Å². The molecule has 21 heavy (non-hydrogen) atoms. The van der Waals surface area contributed by atoms with E-state index in [2.05, 4.69) is 48.2 Å². The molecular formula is C16H35IN4. The third-order valence-corrected chi connectivity index (χ3v) is 4.00. The van der Waals surface area contributed by atoms with Crippen LogP contribution < -0.4 is 10.6 Å². The molecule has 0 radical (unpaired) electrons. The number of likely N-dealkylation sites (tertiary alicyclic amines) is 1. The van der Waals surface area contributed by atoms with Crippen LogP contribution in [0.5, 0.6) is 0 Å². The molecule has 0 bridgehead atoms. The summed E-state index contributed by atoms with van der Waals surface area (Å²) >= 11 is 0. The smallest absolute Gasteiger partial charge is 0.191 e. The molecule has 1 rings (SSSR count). The van der Waals surface area contributed by atoms with Gasteiger partial charge in [-0.05, 0) is 44.6 Å². The molecule has 5 heteroatoms. The summed E-state index contributed by atoms with van der Waals surface area (Å²) in [7, 11) is 1.85. The van der Waals surface area contributed by atoms with Gasteiger partial charge >= 0.3 is 0 Å². The lowest BCUT2D eigenvalue weighted by Crippen LogP contribution is -2.46. The second kappa shape index (κ2) is 11.5. The topological polar surface area (TPSA) is 39.7 Å². The lowest BCUT2D eigenvalue weighted by molar-refractivity contribution is 0.159. The Kier molecular flexibility index (Phi) is 11.5. The Morgan fingerprint density at radius 2 is 2.05 bits per heavy atom. The van der Waals surface area contributed by atoms with Gasteiger partial charge in [-0.2, -0.15) is 0 Å². The number of nitrogens with one attached hydrogen (secondary N) is 2. The number of guanidine groups is 1. The first-order chi connectivity index (χ1) is 9.55. The summed E-state index contributed by atoms with van der Waals surface area (Å²) in [5.74, 6) is 2.46. The quantitative estimate of drug-likeness (QED) is 0.402. The van der Waals surface area contributed by atoms with E-state index < -0.39 is 0 Å². The molecule has 0 aromatic carbocycles. The van der Waals surface area contributed by atoms with Crippen LogP contribution in [0.25, 0.3) is 0 Å². The van der Waals surface area contributed by atoms with E-state index in [0.29, 0.717) is 6.04 Å². The molecule has 1 aliphatic rings. The Hall–Kier alpha value is -0.0400. The highest BCUT2D eigenvalue weighted by Gasteiger charge is 2.20. The van der Waals surface area contributed by atoms with Crippen LogP contribution in [0.4, 0.5) is 0 Å². The first kappa shape index (κ1) is 21.0. The van der Waals surface area contributed by atoms with Gasteiger partial charge in [-0.25, -0.2) is 0 Å². The van der Waals surface area contributed by atoms with Gasteiger partial charge in [-0.1, -0.05) is 20.8 Å². The fourth-order valence-electron chi connectivity index (χ4n) is 2.77. The van der Waals surface area contributed by atoms with Crippen LogP contribution in [0, 0.1) is 11.8 Å². The van der Waals surface area contributed by atoms with E-state index >= 15 is 0 Å². The summed E-state index contributed by atoms with van der Waals surface area (Å²) in [4.78, 5) is 6.93. The predicted molar refractivity (Wildman–Crippen MR) is 104 cm³/mol. The van der Waals surface area contributed by atoms with Crippen LogP contribution >= 0.6 is 24.0 Å². The molecule has 0 aliphatic carbocycles. The summed E-state index contributed by atoms with van der Waals surface area (Å²) in [5.41, 5.74) is 0. The van der Waals surface area contributed by atoms with Gasteiger partial charge in [0, 0.05) is 32.7 Å². The molecule has 1 heterocycles. The molecule has 0 spiro atoms. The third-order valence-electron chi connectivity index (χ3n) is 4.00. The summed E-state index contributed by atoms with van der Waals surface area (Å²) in [5, 5.41) is 6.92. The fraction of sp³-hybridized carbons (Fsp3) is 0.938. The highest BCUT2D eigenvalue weighted by molar-refractivity contribution is 14.0. The van der Waals surface area contributed by atoms with Crippen LogP contribution in [0.1, 0.15) is 47.0 Å². The van der Waals surface area contributed by atoms with Gasteiger partial charge in [0.25, 0.3) is 0 Å². The van der Waals surface area contributed by atoms with Gasteiger partial charge in [0.15, 0.2) is 5.96 Å². The van der Waals surface area contributed by atoms with E-state index in [4.69, 9.17) is 0 Å². The number of nitrogens with zero attached hydrogens (tertiary/aromatic N) is 2. The maximum absolute atomic E-state index is 4.31. The van der Waals surface area contributed by atoms with E-state index in [1.807, 2.05) is 7.05 Å². The van der Waals surface area contributed by atoms with E-state index in [1.54, 1.807) is 0 Å². The van der Waals surface area contributed by atoms with Gasteiger partial charge in [0.1, 0.15) is 0 Å². The first-order valence-electron chi connectivity index (χ1n) is 8.24. The molecule has 1 aliphatic heterocycles. The summed E-state index contributed by atoms with van der Waals surface area (Å²) in [6, 6.07) is 0.477. The second-order valence-electron chi connectivity index (χ2n) is 6.57. The van der Waals surface area contributed by atoms with Crippen molar-refractivity contribution in [1.29, 1.82) is 0 Å². The van der Waals surface area contributed by atoms with Crippen molar-refractivity contribution in [2.45, 2.75) is 53.0 Å². The van der Waals surface area contributed by atoms with Crippen molar-refractivity contribution in [2.24, 2.45) is 16.8 Å². The standard InChI is InChI=1S/C16H34N4.HI/c1-6-14(4)19-16(17-5)18-10-15-8-7-9-20(12-15)11-13(2)3;/h13-15H,6-12H2,1-5H3,(H2,17,18,19);1H. The van der Waals surface area contributed by atoms with E-state index in [0.717, 1.165) is 30.8 Å². The Morgan fingerprint density at radius 3 is 2.62 bits per heavy atom. The average molecular weight is 410 g/mol. The third kappa shape index (κ3) is 8.86. The number of rotatable bonds is 6. The largest absolute Gasteiger partial charge is 0.356 e. The van der Waals surface area contributed by atoms with Crippen LogP contribution in [-0.4, -0.2) is 50.1 Å². The van der Waals surface area contributed by atoms with Crippen molar-refractivity contribution in [2.75, 3.05) is 33.2 Å². The highest BCUT2D eigenvalue weighted by Crippen LogP contribution is 2.16. The zero-order valence-corrected chi connectivity index (χ0v) is 16.8. The lowest BCUT2D eigenvalue weighted by atomic mass is 9.97. The van der Waals surface area contributed by atoms with Gasteiger partial charge in [0.2, 0.25) is 0 Å². The molecule has 0 amide bonds. The molecule has 1 saturated heterocycles. The van der Waals surface area contributed by atoms with Crippen molar-refractivity contribution in [3.05, 3.63) is 0 Å². The average Bonchev–Trinajstić information content (AvgIpc) is 2.42. The molecule has 4 nitrogen and oxygen atoms in total. The van der Waals surface area contributed by atoms with E-state index in [1.165, 1.54) is 32.5 Å². The van der Waals surface area contributed by atoms with Crippen molar-refractivity contribution >= 4 is 29.9 Å². The molecule has 2 unspecified atom stereocenters. The molecule has 0 aromatic rings. The van der Waals surface area contributed by atoms with Crippen LogP contribution in [-0.2, 0) is 0 Å². The predicted octanol–water partition coefficient (Wildman–Crippen LogP) is 2.94. The first-order valence-corrected chi connectivity index (χ1v) is 8.24. The Morgan fingerprint density at radius 1 is 1.33 bits per heavy atom. The van der Waals surface area contributed by atoms with Crippen LogP contribution in [0.2, 0.25) is 0 Å². The van der Waals surface area contributed by atoms with Gasteiger partial charge in [-0.15, -0.1) is 24.0 Å². The SMILES string of the molecule is CCC(C)NC(=NC)NCC1CCCN(CC(C)C)C1.I. The highest BCUT2D eigenvalue weighted by atomic mass is 127. The number of halogens is 1. The van der Waals surface area contributed by atoms with Crippen LogP contribution in [0.3, 0.4) is 0 Å². The minimum atomic E-state index is 0. The molecule has 2 atom stereocenters. The minimum Gasteiger partial charge on any atom is -0.356 e. The molecule has 2 N–H and O–H groups in total. The van der Waals surface area contributed by atoms with Gasteiger partial charge < -0.3 is 15.5 Å². The molecular weight excluding hydrogens is 375 g/mol. The Balaban J connectivity index is 0.00000400. The monoisotopic (exact) mass is 410 g/mol. The van der Waals surface area contributed by atoms with Crippen molar-refractivity contribution in [1.82, 2.24) is 15.5 Å². The van der Waals surface area contributed by atoms with E-state index in [9.17, 15) is 0 Å². The van der Waals surface area contributed by atoms with E-state index in [-0.39, 0.29) is 24.0 Å². The van der Waals surface area contributed by atoms with Crippen molar-refractivity contribution < 1.29 is 0 Å². The maximum Gasteiger partial charge on any atom is 0.191 e. The zero-order valence-electron chi connectivity index (χ0n) is 14.5. The molecule has 0 saturated carbocycles. The van der Waals surface area contributed by atoms with Crippen LogP contribution in [0.15, 0.2) is 4.99 Å². The Bertz CT molecular complexity index is 294. The fourth-order valence-corrected chi connectivity index (χ4v) is 2.77. The second-order valence-corrected chi connectivity index (χ2v) is 6.57. The summed E-state index contributed by atoms with van der Waals surface area (Å²) in [6.07, 6.45) is 3.78. The zero-order chi connectivity index (χ0) is 15.0. The van der Waals surface area contributed by atoms with Crippen molar-refractivity contribution in [3.63, 3.8) is 0 Å². The normalized spacial score (nSPS) is 21.8. The number of piperidine rings is 1. The van der Waals surface area contributed by atoms with Crippen molar-refractivity contribution in [3.8, 4) is 0 Å². The maximum atomic E-state index is 4.31. The number of hydrogen-bond donors (Lipinski definition) is 2. The minimum absolute atomic E-state index is 0. The molecule has 126 valence electrons. The molecule has 1 fully saturated rings. The van der Waals surface area contributed by atoms with Gasteiger partial charge in [-0.3, -0.25) is 4.99 Å². The molecule has 0 aromatic heterocycles. The number of hydrogen-bond acceptors (Lipinski definition) is 2. The summed E-state index contributed by atoms with van der Waals surface area (Å²) in [6.45, 7) is 13.8. The van der Waals surface area contributed by atoms with Gasteiger partial charge in [0.05, 0.1) is 0 Å². The summed E-state index contributed by atoms with van der Waals surface area (Å²) < 4.78 is 0. The lowest BCUT2D eigenvalue weighted by Gasteiger charge is -2.34.